The molecule has 0 fully saturated rings. The van der Waals surface area contributed by atoms with Crippen LogP contribution >= 0.6 is 11.6 Å². The molecule has 2 unspecified atom stereocenters. The molecule has 3 aromatic rings. The maximum atomic E-state index is 6.63. The first-order valence-corrected chi connectivity index (χ1v) is 9.40. The zero-order valence-corrected chi connectivity index (χ0v) is 15.5. The first kappa shape index (κ1) is 16.9. The second-order valence-corrected chi connectivity index (χ2v) is 7.26. The van der Waals surface area contributed by atoms with Gasteiger partial charge < -0.3 is 0 Å². The molecular weight excluding hydrogens is 336 g/mol. The van der Waals surface area contributed by atoms with Crippen LogP contribution in [-0.2, 0) is 0 Å². The van der Waals surface area contributed by atoms with E-state index in [0.717, 1.165) is 5.03 Å². The second kappa shape index (κ2) is 7.35. The van der Waals surface area contributed by atoms with Crippen molar-refractivity contribution in [3.8, 4) is 11.1 Å². The summed E-state index contributed by atoms with van der Waals surface area (Å²) in [5.74, 6) is 0.587. The Bertz CT molecular complexity index is 952. The maximum Gasteiger partial charge on any atom is 0.0224 e. The average Bonchev–Trinajstić information content (AvgIpc) is 2.71. The summed E-state index contributed by atoms with van der Waals surface area (Å²) in [4.78, 5) is 0. The van der Waals surface area contributed by atoms with Crippen LogP contribution in [0.2, 0.25) is 0 Å². The number of rotatable bonds is 3. The van der Waals surface area contributed by atoms with Gasteiger partial charge in [0, 0.05) is 16.9 Å². The fourth-order valence-electron chi connectivity index (χ4n) is 3.59. The highest BCUT2D eigenvalue weighted by Crippen LogP contribution is 2.41. The molecule has 0 aromatic heterocycles. The zero-order valence-electron chi connectivity index (χ0n) is 14.8. The molecule has 0 radical (unpaired) electrons. The van der Waals surface area contributed by atoms with Crippen molar-refractivity contribution in [2.75, 3.05) is 0 Å². The van der Waals surface area contributed by atoms with Gasteiger partial charge >= 0.3 is 0 Å². The minimum absolute atomic E-state index is 0.292. The Balaban J connectivity index is 1.75. The predicted octanol–water partition coefficient (Wildman–Crippen LogP) is 7.29. The molecule has 0 spiro atoms. The number of benzene rings is 3. The van der Waals surface area contributed by atoms with Crippen LogP contribution in [0, 0.1) is 5.92 Å². The quantitative estimate of drug-likeness (QED) is 0.462. The second-order valence-electron chi connectivity index (χ2n) is 6.82. The number of hydrogen-bond acceptors (Lipinski definition) is 0. The lowest BCUT2D eigenvalue weighted by atomic mass is 9.80. The van der Waals surface area contributed by atoms with Crippen molar-refractivity contribution in [3.05, 3.63) is 113 Å². The van der Waals surface area contributed by atoms with E-state index in [-0.39, 0.29) is 0 Å². The Morgan fingerprint density at radius 3 is 2.04 bits per heavy atom. The number of halogens is 1. The van der Waals surface area contributed by atoms with Crippen LogP contribution in [-0.4, -0.2) is 0 Å². The molecular formula is C25H21Cl. The largest absolute Gasteiger partial charge is 0.0888 e. The molecule has 0 saturated carbocycles. The van der Waals surface area contributed by atoms with Crippen molar-refractivity contribution in [2.24, 2.45) is 5.92 Å². The van der Waals surface area contributed by atoms with Gasteiger partial charge in [0.2, 0.25) is 0 Å². The van der Waals surface area contributed by atoms with E-state index in [1.807, 2.05) is 6.07 Å². The Labute approximate surface area is 160 Å². The van der Waals surface area contributed by atoms with Crippen LogP contribution in [0.15, 0.2) is 102 Å². The SMILES string of the molecule is CC1C(Cl)=CC(c2cccc(-c3ccccc3)c2)=CC1c1ccccc1. The van der Waals surface area contributed by atoms with E-state index in [2.05, 4.69) is 97.9 Å². The first-order chi connectivity index (χ1) is 12.7. The van der Waals surface area contributed by atoms with Gasteiger partial charge in [0.05, 0.1) is 0 Å². The zero-order chi connectivity index (χ0) is 17.9. The van der Waals surface area contributed by atoms with Gasteiger partial charge in [-0.15, -0.1) is 0 Å². The van der Waals surface area contributed by atoms with Gasteiger partial charge in [0.15, 0.2) is 0 Å². The topological polar surface area (TPSA) is 0 Å². The fourth-order valence-corrected chi connectivity index (χ4v) is 3.84. The lowest BCUT2D eigenvalue weighted by Gasteiger charge is -2.26. The summed E-state index contributed by atoms with van der Waals surface area (Å²) in [7, 11) is 0. The third-order valence-electron chi connectivity index (χ3n) is 5.11. The summed E-state index contributed by atoms with van der Waals surface area (Å²) in [6, 6.07) is 29.8. The van der Waals surface area contributed by atoms with Gasteiger partial charge in [-0.25, -0.2) is 0 Å². The highest BCUT2D eigenvalue weighted by molar-refractivity contribution is 6.30. The van der Waals surface area contributed by atoms with Crippen molar-refractivity contribution in [1.29, 1.82) is 0 Å². The summed E-state index contributed by atoms with van der Waals surface area (Å²) in [6.45, 7) is 2.20. The van der Waals surface area contributed by atoms with Gasteiger partial charge in [-0.05, 0) is 40.0 Å². The van der Waals surface area contributed by atoms with Crippen molar-refractivity contribution >= 4 is 17.2 Å². The molecule has 0 N–H and O–H groups in total. The maximum absolute atomic E-state index is 6.63. The van der Waals surface area contributed by atoms with E-state index >= 15 is 0 Å². The molecule has 0 nitrogen and oxygen atoms in total. The van der Waals surface area contributed by atoms with Crippen LogP contribution in [0.3, 0.4) is 0 Å². The smallest absolute Gasteiger partial charge is 0.0224 e. The first-order valence-electron chi connectivity index (χ1n) is 9.02. The molecule has 3 aromatic carbocycles. The molecule has 0 heterocycles. The summed E-state index contributed by atoms with van der Waals surface area (Å²) < 4.78 is 0. The average molecular weight is 357 g/mol. The van der Waals surface area contributed by atoms with Gasteiger partial charge in [0.25, 0.3) is 0 Å². The summed E-state index contributed by atoms with van der Waals surface area (Å²) in [5.41, 5.74) is 6.16. The van der Waals surface area contributed by atoms with Crippen molar-refractivity contribution in [2.45, 2.75) is 12.8 Å². The van der Waals surface area contributed by atoms with Gasteiger partial charge in [-0.3, -0.25) is 0 Å². The minimum atomic E-state index is 0.292. The predicted molar refractivity (Wildman–Crippen MR) is 112 cm³/mol. The Kier molecular flexibility index (Phi) is 4.77. The molecule has 1 aliphatic carbocycles. The van der Waals surface area contributed by atoms with Gasteiger partial charge in [-0.1, -0.05) is 103 Å². The highest BCUT2D eigenvalue weighted by Gasteiger charge is 2.24. The van der Waals surface area contributed by atoms with E-state index in [9.17, 15) is 0 Å². The molecule has 26 heavy (non-hydrogen) atoms. The van der Waals surface area contributed by atoms with Gasteiger partial charge in [0.1, 0.15) is 0 Å². The standard InChI is InChI=1S/C25H21Cl/c1-18-24(20-11-6-3-7-12-20)16-23(17-25(18)26)22-14-8-13-21(15-22)19-9-4-2-5-10-19/h2-18,24H,1H3. The van der Waals surface area contributed by atoms with Crippen LogP contribution in [0.5, 0.6) is 0 Å². The molecule has 0 saturated heterocycles. The van der Waals surface area contributed by atoms with E-state index in [0.29, 0.717) is 11.8 Å². The lowest BCUT2D eigenvalue weighted by molar-refractivity contribution is 0.626. The fraction of sp³-hybridized carbons (Fsp3) is 0.120. The van der Waals surface area contributed by atoms with Gasteiger partial charge in [-0.2, -0.15) is 0 Å². The molecule has 4 rings (SSSR count). The van der Waals surface area contributed by atoms with Crippen molar-refractivity contribution < 1.29 is 0 Å². The number of allylic oxidation sites excluding steroid dienone is 4. The lowest BCUT2D eigenvalue weighted by Crippen LogP contribution is -2.12. The van der Waals surface area contributed by atoms with Crippen LogP contribution in [0.4, 0.5) is 0 Å². The van der Waals surface area contributed by atoms with Crippen LogP contribution in [0.25, 0.3) is 16.7 Å². The van der Waals surface area contributed by atoms with E-state index in [1.165, 1.54) is 27.8 Å². The van der Waals surface area contributed by atoms with Crippen molar-refractivity contribution in [1.82, 2.24) is 0 Å². The summed E-state index contributed by atoms with van der Waals surface area (Å²) >= 11 is 6.63. The third kappa shape index (κ3) is 3.38. The Morgan fingerprint density at radius 2 is 1.31 bits per heavy atom. The molecule has 0 amide bonds. The molecule has 128 valence electrons. The minimum Gasteiger partial charge on any atom is -0.0888 e. The van der Waals surface area contributed by atoms with E-state index < -0.39 is 0 Å². The van der Waals surface area contributed by atoms with Crippen LogP contribution < -0.4 is 0 Å². The monoisotopic (exact) mass is 356 g/mol. The third-order valence-corrected chi connectivity index (χ3v) is 5.57. The van der Waals surface area contributed by atoms with E-state index in [4.69, 9.17) is 11.6 Å². The molecule has 1 aliphatic rings. The Hall–Kier alpha value is -2.57. The number of hydrogen-bond donors (Lipinski definition) is 0. The molecule has 0 bridgehead atoms. The highest BCUT2D eigenvalue weighted by atomic mass is 35.5. The molecule has 2 atom stereocenters. The van der Waals surface area contributed by atoms with Crippen LogP contribution in [0.1, 0.15) is 24.0 Å². The normalized spacial score (nSPS) is 19.6. The summed E-state index contributed by atoms with van der Waals surface area (Å²) in [5, 5.41) is 0.918. The van der Waals surface area contributed by atoms with E-state index in [1.54, 1.807) is 0 Å². The Morgan fingerprint density at radius 1 is 0.692 bits per heavy atom. The molecule has 1 heteroatoms. The summed E-state index contributed by atoms with van der Waals surface area (Å²) in [6.07, 6.45) is 4.48. The molecule has 0 aliphatic heterocycles. The van der Waals surface area contributed by atoms with Crippen molar-refractivity contribution in [3.63, 3.8) is 0 Å².